The van der Waals surface area contributed by atoms with Crippen molar-refractivity contribution in [3.8, 4) is 0 Å². The Balaban J connectivity index is 1.64. The first kappa shape index (κ1) is 16.7. The topological polar surface area (TPSA) is 67.8 Å². The Morgan fingerprint density at radius 2 is 2.41 bits per heavy atom. The molecule has 6 heteroatoms. The van der Waals surface area contributed by atoms with E-state index in [9.17, 15) is 0 Å². The van der Waals surface area contributed by atoms with E-state index >= 15 is 0 Å². The smallest absolute Gasteiger partial charge is 0.191 e. The maximum Gasteiger partial charge on any atom is 0.191 e. The zero-order chi connectivity index (χ0) is 15.5. The van der Waals surface area contributed by atoms with Gasteiger partial charge in [0.1, 0.15) is 0 Å². The predicted molar refractivity (Wildman–Crippen MR) is 86.8 cm³/mol. The minimum atomic E-state index is 0.283. The Morgan fingerprint density at radius 3 is 3.14 bits per heavy atom. The fourth-order valence-electron chi connectivity index (χ4n) is 2.23. The predicted octanol–water partition coefficient (Wildman–Crippen LogP) is 1.33. The van der Waals surface area contributed by atoms with Crippen molar-refractivity contribution in [1.29, 1.82) is 0 Å². The largest absolute Gasteiger partial charge is 0.377 e. The van der Waals surface area contributed by atoms with Crippen molar-refractivity contribution in [2.45, 2.75) is 32.4 Å². The Morgan fingerprint density at radius 1 is 1.45 bits per heavy atom. The summed E-state index contributed by atoms with van der Waals surface area (Å²) in [7, 11) is 0. The number of guanidine groups is 1. The Hall–Kier alpha value is -1.66. The maximum atomic E-state index is 5.63. The van der Waals surface area contributed by atoms with E-state index < -0.39 is 0 Å². The fourth-order valence-corrected chi connectivity index (χ4v) is 2.23. The van der Waals surface area contributed by atoms with Crippen molar-refractivity contribution < 1.29 is 9.47 Å². The second-order valence-electron chi connectivity index (χ2n) is 5.15. The Kier molecular flexibility index (Phi) is 7.69. The van der Waals surface area contributed by atoms with E-state index in [1.54, 1.807) is 6.20 Å². The molecule has 6 nitrogen and oxygen atoms in total. The third-order valence-corrected chi connectivity index (χ3v) is 3.34. The molecule has 1 unspecified atom stereocenters. The molecule has 0 saturated carbocycles. The highest BCUT2D eigenvalue weighted by molar-refractivity contribution is 5.79. The molecule has 1 fully saturated rings. The van der Waals surface area contributed by atoms with Crippen molar-refractivity contribution >= 4 is 5.96 Å². The van der Waals surface area contributed by atoms with Gasteiger partial charge in [-0.25, -0.2) is 4.99 Å². The van der Waals surface area contributed by atoms with Gasteiger partial charge in [0, 0.05) is 25.9 Å². The van der Waals surface area contributed by atoms with Gasteiger partial charge < -0.3 is 20.1 Å². The lowest BCUT2D eigenvalue weighted by molar-refractivity contribution is 0.0191. The van der Waals surface area contributed by atoms with E-state index in [0.29, 0.717) is 19.8 Å². The number of aromatic nitrogens is 1. The average Bonchev–Trinajstić information content (AvgIpc) is 3.06. The number of rotatable bonds is 8. The molecule has 1 aromatic heterocycles. The van der Waals surface area contributed by atoms with E-state index in [0.717, 1.165) is 44.2 Å². The molecule has 0 aliphatic carbocycles. The maximum absolute atomic E-state index is 5.63. The van der Waals surface area contributed by atoms with Crippen molar-refractivity contribution in [1.82, 2.24) is 15.6 Å². The van der Waals surface area contributed by atoms with Crippen LogP contribution in [-0.2, 0) is 16.0 Å². The molecule has 0 radical (unpaired) electrons. The Bertz CT molecular complexity index is 433. The van der Waals surface area contributed by atoms with Crippen LogP contribution in [0.15, 0.2) is 29.4 Å². The van der Waals surface area contributed by atoms with Gasteiger partial charge in [-0.2, -0.15) is 0 Å². The van der Waals surface area contributed by atoms with Gasteiger partial charge in [0.15, 0.2) is 5.96 Å². The molecule has 2 N–H and O–H groups in total. The minimum absolute atomic E-state index is 0.283. The van der Waals surface area contributed by atoms with Gasteiger partial charge in [0.2, 0.25) is 0 Å². The molecule has 122 valence electrons. The summed E-state index contributed by atoms with van der Waals surface area (Å²) in [6.45, 7) is 6.36. The molecular weight excluding hydrogens is 280 g/mol. The highest BCUT2D eigenvalue weighted by Crippen LogP contribution is 2.11. The molecule has 22 heavy (non-hydrogen) atoms. The van der Waals surface area contributed by atoms with Gasteiger partial charge in [0.25, 0.3) is 0 Å². The summed E-state index contributed by atoms with van der Waals surface area (Å²) in [5.41, 5.74) is 0.953. The van der Waals surface area contributed by atoms with Crippen molar-refractivity contribution in [2.75, 3.05) is 32.9 Å². The van der Waals surface area contributed by atoms with Crippen molar-refractivity contribution in [3.63, 3.8) is 0 Å². The summed E-state index contributed by atoms with van der Waals surface area (Å²) in [5.74, 6) is 0.786. The molecule has 2 heterocycles. The second-order valence-corrected chi connectivity index (χ2v) is 5.15. The second kappa shape index (κ2) is 10.1. The summed E-state index contributed by atoms with van der Waals surface area (Å²) in [6, 6.07) is 5.84. The summed E-state index contributed by atoms with van der Waals surface area (Å²) >= 11 is 0. The number of ether oxygens (including phenoxy) is 2. The van der Waals surface area contributed by atoms with E-state index in [-0.39, 0.29) is 6.10 Å². The van der Waals surface area contributed by atoms with Gasteiger partial charge >= 0.3 is 0 Å². The van der Waals surface area contributed by atoms with E-state index in [1.165, 1.54) is 0 Å². The number of hydrogen-bond donors (Lipinski definition) is 2. The summed E-state index contributed by atoms with van der Waals surface area (Å²) in [5, 5.41) is 6.48. The molecule has 1 aromatic rings. The van der Waals surface area contributed by atoms with Crippen molar-refractivity contribution in [2.24, 2.45) is 4.99 Å². The first-order valence-electron chi connectivity index (χ1n) is 8.00. The molecule has 0 spiro atoms. The lowest BCUT2D eigenvalue weighted by Crippen LogP contribution is -2.39. The third-order valence-electron chi connectivity index (χ3n) is 3.34. The molecule has 2 rings (SSSR count). The molecule has 0 aromatic carbocycles. The number of nitrogens with zero attached hydrogens (tertiary/aromatic N) is 2. The van der Waals surface area contributed by atoms with Crippen LogP contribution in [0.25, 0.3) is 0 Å². The van der Waals surface area contributed by atoms with Crippen LogP contribution in [0.5, 0.6) is 0 Å². The van der Waals surface area contributed by atoms with E-state index in [1.807, 2.05) is 25.1 Å². The van der Waals surface area contributed by atoms with Gasteiger partial charge in [-0.3, -0.25) is 4.98 Å². The lowest BCUT2D eigenvalue weighted by Gasteiger charge is -2.13. The number of nitrogens with one attached hydrogen (secondary N) is 2. The molecule has 1 aliphatic rings. The van der Waals surface area contributed by atoms with Crippen LogP contribution in [0.2, 0.25) is 0 Å². The number of hydrogen-bond acceptors (Lipinski definition) is 4. The van der Waals surface area contributed by atoms with Gasteiger partial charge in [-0.15, -0.1) is 0 Å². The molecular formula is C16H26N4O2. The van der Waals surface area contributed by atoms with Crippen LogP contribution in [0.3, 0.4) is 0 Å². The molecule has 1 atom stereocenters. The average molecular weight is 306 g/mol. The lowest BCUT2D eigenvalue weighted by atomic mass is 10.2. The SMILES string of the molecule is CCNC(=NCc1ccccn1)NCCOCC1CCCO1. The fraction of sp³-hybridized carbons (Fsp3) is 0.625. The normalized spacial score (nSPS) is 18.4. The zero-order valence-electron chi connectivity index (χ0n) is 13.3. The van der Waals surface area contributed by atoms with Gasteiger partial charge in [-0.05, 0) is 31.9 Å². The Labute approximate surface area is 132 Å². The van der Waals surface area contributed by atoms with E-state index in [2.05, 4.69) is 20.6 Å². The highest BCUT2D eigenvalue weighted by Gasteiger charge is 2.14. The van der Waals surface area contributed by atoms with Crippen LogP contribution in [-0.4, -0.2) is 50.0 Å². The van der Waals surface area contributed by atoms with Gasteiger partial charge in [0.05, 0.1) is 31.6 Å². The highest BCUT2D eigenvalue weighted by atomic mass is 16.5. The van der Waals surface area contributed by atoms with Crippen LogP contribution in [0, 0.1) is 0 Å². The van der Waals surface area contributed by atoms with Crippen LogP contribution in [0.4, 0.5) is 0 Å². The van der Waals surface area contributed by atoms with E-state index in [4.69, 9.17) is 9.47 Å². The molecule has 1 saturated heterocycles. The summed E-state index contributed by atoms with van der Waals surface area (Å²) in [4.78, 5) is 8.77. The number of aliphatic imine (C=N–C) groups is 1. The molecule has 0 amide bonds. The van der Waals surface area contributed by atoms with Crippen molar-refractivity contribution in [3.05, 3.63) is 30.1 Å². The standard InChI is InChI=1S/C16H26N4O2/c1-2-17-16(20-12-14-6-3-4-8-18-14)19-9-11-21-13-15-7-5-10-22-15/h3-4,6,8,15H,2,5,7,9-13H2,1H3,(H2,17,19,20). The molecule has 0 bridgehead atoms. The third kappa shape index (κ3) is 6.41. The number of pyridine rings is 1. The summed E-state index contributed by atoms with van der Waals surface area (Å²) in [6.07, 6.45) is 4.33. The first-order valence-corrected chi connectivity index (χ1v) is 8.00. The minimum Gasteiger partial charge on any atom is -0.377 e. The quantitative estimate of drug-likeness (QED) is 0.431. The molecule has 1 aliphatic heterocycles. The van der Waals surface area contributed by atoms with Gasteiger partial charge in [-0.1, -0.05) is 6.07 Å². The first-order chi connectivity index (χ1) is 10.9. The van der Waals surface area contributed by atoms with Crippen LogP contribution in [0.1, 0.15) is 25.5 Å². The van der Waals surface area contributed by atoms with Crippen LogP contribution >= 0.6 is 0 Å². The zero-order valence-corrected chi connectivity index (χ0v) is 13.3. The van der Waals surface area contributed by atoms with Crippen LogP contribution < -0.4 is 10.6 Å². The monoisotopic (exact) mass is 306 g/mol. The summed E-state index contributed by atoms with van der Waals surface area (Å²) < 4.78 is 11.1.